The molecule has 17 aromatic rings. The molecule has 0 unspecified atom stereocenters. The molecule has 3 aliphatic rings. The molecule has 10 nitrogen and oxygen atoms in total. The van der Waals surface area contributed by atoms with Crippen LogP contribution in [0.1, 0.15) is 25.0 Å². The van der Waals surface area contributed by atoms with E-state index in [-0.39, 0.29) is 5.41 Å². The summed E-state index contributed by atoms with van der Waals surface area (Å²) in [7, 11) is 0. The van der Waals surface area contributed by atoms with E-state index in [1.807, 2.05) is 18.5 Å². The van der Waals surface area contributed by atoms with Gasteiger partial charge in [0, 0.05) is 98.1 Å². The predicted molar refractivity (Wildman–Crippen MR) is 363 cm³/mol. The molecule has 89 heavy (non-hydrogen) atoms. The third kappa shape index (κ3) is 6.73. The summed E-state index contributed by atoms with van der Waals surface area (Å²) in [5.41, 5.74) is 20.3. The normalized spacial score (nSPS) is 13.7. The van der Waals surface area contributed by atoms with Gasteiger partial charge in [-0.25, -0.2) is 24.9 Å². The highest BCUT2D eigenvalue weighted by molar-refractivity contribution is 8.00. The lowest BCUT2D eigenvalue weighted by Crippen LogP contribution is -2.30. The molecule has 12 heteroatoms. The number of nitrogens with zero attached hydrogens (tertiary/aromatic N) is 10. The summed E-state index contributed by atoms with van der Waals surface area (Å²) in [4.78, 5) is 38.3. The van der Waals surface area contributed by atoms with Crippen LogP contribution in [0, 0.1) is 0 Å². The summed E-state index contributed by atoms with van der Waals surface area (Å²) in [5, 5.41) is 9.65. The Hall–Kier alpha value is -10.9. The summed E-state index contributed by atoms with van der Waals surface area (Å²) in [6, 6.07) is 83.0. The first-order valence-corrected chi connectivity index (χ1v) is 31.6. The van der Waals surface area contributed by atoms with Crippen molar-refractivity contribution in [2.24, 2.45) is 0 Å². The van der Waals surface area contributed by atoms with Crippen molar-refractivity contribution in [1.82, 2.24) is 43.6 Å². The number of para-hydroxylation sites is 6. The molecule has 10 heterocycles. The van der Waals surface area contributed by atoms with Crippen molar-refractivity contribution in [1.29, 1.82) is 0 Å². The SMILES string of the molecule is CC1(C)c2ccccc2N(c2ccccc2)c2cc3c4ccccc4n(-c4nc5c6c(cccc6n4)Sc4c(-c6cc7c8ccccc8n(-c8nc9c%10c(cccc%10n8)Sc8ncccc8-9)c7c7c6c6ccccc6n7-c6ccccc6)ccnc4-5)c3cc21. The summed E-state index contributed by atoms with van der Waals surface area (Å²) < 4.78 is 7.05. The monoisotopic (exact) mass is 1170 g/mol. The van der Waals surface area contributed by atoms with E-state index in [1.54, 1.807) is 23.5 Å². The van der Waals surface area contributed by atoms with Crippen LogP contribution < -0.4 is 4.90 Å². The van der Waals surface area contributed by atoms with Crippen LogP contribution >= 0.6 is 23.5 Å². The number of aromatic nitrogens is 9. The molecule has 0 N–H and O–H groups in total. The number of hydrogen-bond donors (Lipinski definition) is 0. The first kappa shape index (κ1) is 49.2. The molecule has 0 saturated heterocycles. The quantitative estimate of drug-likeness (QED) is 0.167. The summed E-state index contributed by atoms with van der Waals surface area (Å²) in [5.74, 6) is 1.19. The maximum atomic E-state index is 5.78. The van der Waals surface area contributed by atoms with Gasteiger partial charge in [-0.2, -0.15) is 0 Å². The second kappa shape index (κ2) is 18.1. The Morgan fingerprint density at radius 3 is 1.76 bits per heavy atom. The van der Waals surface area contributed by atoms with E-state index in [4.69, 9.17) is 29.9 Å². The number of anilines is 3. The van der Waals surface area contributed by atoms with Crippen molar-refractivity contribution < 1.29 is 0 Å². The van der Waals surface area contributed by atoms with E-state index in [9.17, 15) is 0 Å². The van der Waals surface area contributed by atoms with Gasteiger partial charge in [0.15, 0.2) is 0 Å². The van der Waals surface area contributed by atoms with Gasteiger partial charge in [0.2, 0.25) is 11.9 Å². The lowest BCUT2D eigenvalue weighted by atomic mass is 9.73. The van der Waals surface area contributed by atoms with Gasteiger partial charge in [-0.3, -0.25) is 14.1 Å². The first-order valence-electron chi connectivity index (χ1n) is 29.9. The molecule has 416 valence electrons. The lowest BCUT2D eigenvalue weighted by molar-refractivity contribution is 0.632. The van der Waals surface area contributed by atoms with Crippen molar-refractivity contribution in [3.05, 3.63) is 254 Å². The van der Waals surface area contributed by atoms with E-state index < -0.39 is 0 Å². The highest BCUT2D eigenvalue weighted by Crippen LogP contribution is 2.56. The van der Waals surface area contributed by atoms with Crippen LogP contribution in [-0.4, -0.2) is 43.6 Å². The fourth-order valence-electron chi connectivity index (χ4n) is 14.9. The third-order valence-corrected chi connectivity index (χ3v) is 21.0. The van der Waals surface area contributed by atoms with Crippen LogP contribution in [0.5, 0.6) is 0 Å². The van der Waals surface area contributed by atoms with Gasteiger partial charge in [0.05, 0.1) is 61.2 Å². The van der Waals surface area contributed by atoms with E-state index in [0.717, 1.165) is 158 Å². The molecule has 0 aliphatic carbocycles. The topological polar surface area (TPSA) is 95.4 Å². The van der Waals surface area contributed by atoms with Crippen LogP contribution in [0.2, 0.25) is 0 Å². The smallest absolute Gasteiger partial charge is 0.235 e. The Balaban J connectivity index is 0.850. The average molecular weight is 1180 g/mol. The predicted octanol–water partition coefficient (Wildman–Crippen LogP) is 19.7. The van der Waals surface area contributed by atoms with Gasteiger partial charge in [-0.05, 0) is 126 Å². The zero-order valence-electron chi connectivity index (χ0n) is 47.9. The maximum absolute atomic E-state index is 5.78. The Morgan fingerprint density at radius 1 is 0.360 bits per heavy atom. The summed E-state index contributed by atoms with van der Waals surface area (Å²) in [6.45, 7) is 4.71. The minimum atomic E-state index is -0.334. The van der Waals surface area contributed by atoms with Gasteiger partial charge >= 0.3 is 0 Å². The van der Waals surface area contributed by atoms with Crippen molar-refractivity contribution >= 4 is 128 Å². The average Bonchev–Trinajstić information content (AvgIpc) is 1.69. The van der Waals surface area contributed by atoms with Crippen molar-refractivity contribution in [3.63, 3.8) is 0 Å². The van der Waals surface area contributed by atoms with E-state index in [1.165, 1.54) is 16.8 Å². The highest BCUT2D eigenvalue weighted by Gasteiger charge is 2.39. The van der Waals surface area contributed by atoms with Gasteiger partial charge in [0.25, 0.3) is 0 Å². The summed E-state index contributed by atoms with van der Waals surface area (Å²) in [6.07, 6.45) is 3.84. The molecule has 10 aromatic carbocycles. The molecule has 20 rings (SSSR count). The van der Waals surface area contributed by atoms with Crippen LogP contribution in [0.4, 0.5) is 17.1 Å². The van der Waals surface area contributed by atoms with E-state index in [2.05, 4.69) is 257 Å². The van der Waals surface area contributed by atoms with Crippen molar-refractivity contribution in [3.8, 4) is 51.4 Å². The minimum Gasteiger partial charge on any atom is -0.310 e. The highest BCUT2D eigenvalue weighted by atomic mass is 32.2. The summed E-state index contributed by atoms with van der Waals surface area (Å²) >= 11 is 3.43. The number of rotatable bonds is 5. The van der Waals surface area contributed by atoms with Gasteiger partial charge < -0.3 is 9.47 Å². The Labute approximate surface area is 517 Å². The van der Waals surface area contributed by atoms with E-state index in [0.29, 0.717) is 11.9 Å². The molecule has 0 fully saturated rings. The number of benzene rings is 10. The molecule has 7 aromatic heterocycles. The van der Waals surface area contributed by atoms with Crippen molar-refractivity contribution in [2.45, 2.75) is 39.0 Å². The van der Waals surface area contributed by atoms with Crippen LogP contribution in [0.15, 0.2) is 263 Å². The molecular formula is C77H46N10S2. The second-order valence-electron chi connectivity index (χ2n) is 23.8. The molecule has 0 saturated carbocycles. The van der Waals surface area contributed by atoms with Crippen molar-refractivity contribution in [2.75, 3.05) is 4.90 Å². The Bertz CT molecular complexity index is 5990. The van der Waals surface area contributed by atoms with Gasteiger partial charge in [-0.1, -0.05) is 159 Å². The molecule has 3 aliphatic heterocycles. The lowest BCUT2D eigenvalue weighted by Gasteiger charge is -2.42. The Morgan fingerprint density at radius 2 is 0.989 bits per heavy atom. The zero-order chi connectivity index (χ0) is 58.4. The zero-order valence-corrected chi connectivity index (χ0v) is 49.5. The molecule has 0 spiro atoms. The fraction of sp³-hybridized carbons (Fsp3) is 0.0390. The molecule has 0 bridgehead atoms. The third-order valence-electron chi connectivity index (χ3n) is 18.7. The Kier molecular flexibility index (Phi) is 10.0. The standard InChI is InChI=1S/C77H46N10S2/c1-77(2)53-28-12-16-34-60(53)84(43-20-5-3-6-21-43)62-41-50-45-24-9-13-31-57(45)86(61(50)42-54(62)77)75-80-56-30-17-35-63-67(56)69(83-75)70-73(88-63)47(37-39-78-70)51-40-52-46-25-10-14-32-58(46)87(71(52)72-65(51)48-26-11-15-33-59(48)85(72)44-22-7-4-8-23-44)76-81-55-29-18-36-64-66(55)68(82-76)49-27-19-38-79-74(49)89-64/h3-42H,1-2H3. The molecule has 0 radical (unpaired) electrons. The fourth-order valence-corrected chi connectivity index (χ4v) is 17.2. The largest absolute Gasteiger partial charge is 0.310 e. The first-order chi connectivity index (χ1) is 43.9. The van der Waals surface area contributed by atoms with Gasteiger partial charge in [0.1, 0.15) is 16.4 Å². The van der Waals surface area contributed by atoms with Gasteiger partial charge in [-0.15, -0.1) is 0 Å². The van der Waals surface area contributed by atoms with Crippen LogP contribution in [-0.2, 0) is 5.41 Å². The number of pyridine rings is 2. The second-order valence-corrected chi connectivity index (χ2v) is 25.9. The number of fused-ring (bicyclic) bond motifs is 16. The maximum Gasteiger partial charge on any atom is 0.235 e. The van der Waals surface area contributed by atoms with Crippen LogP contribution in [0.25, 0.3) is 139 Å². The molecule has 0 atom stereocenters. The minimum absolute atomic E-state index is 0.334. The van der Waals surface area contributed by atoms with E-state index >= 15 is 0 Å². The molecular weight excluding hydrogens is 1130 g/mol. The molecule has 0 amide bonds. The number of hydrogen-bond acceptors (Lipinski definition) is 9. The van der Waals surface area contributed by atoms with Crippen LogP contribution in [0.3, 0.4) is 0 Å².